The molecule has 0 saturated heterocycles. The van der Waals surface area contributed by atoms with E-state index in [4.69, 9.17) is 9.84 Å². The number of carboxylic acid groups (broad SMARTS) is 1. The van der Waals surface area contributed by atoms with Crippen LogP contribution in [0.25, 0.3) is 0 Å². The Labute approximate surface area is 210 Å². The Bertz CT molecular complexity index is 994. The van der Waals surface area contributed by atoms with Crippen LogP contribution in [0.3, 0.4) is 0 Å². The third-order valence-corrected chi connectivity index (χ3v) is 7.82. The fourth-order valence-corrected chi connectivity index (χ4v) is 5.46. The second-order valence-electron chi connectivity index (χ2n) is 8.45. The molecule has 0 unspecified atom stereocenters. The highest BCUT2D eigenvalue weighted by Crippen LogP contribution is 2.31. The molecule has 0 radical (unpaired) electrons. The van der Waals surface area contributed by atoms with Crippen molar-refractivity contribution >= 4 is 40.2 Å². The second-order valence-corrected chi connectivity index (χ2v) is 10.8. The van der Waals surface area contributed by atoms with Crippen molar-refractivity contribution in [3.8, 4) is 0 Å². The van der Waals surface area contributed by atoms with Crippen LogP contribution in [0.2, 0.25) is 0 Å². The van der Waals surface area contributed by atoms with E-state index in [1.54, 1.807) is 11.0 Å². The van der Waals surface area contributed by atoms with Crippen LogP contribution in [0.4, 0.5) is 23.1 Å². The predicted molar refractivity (Wildman–Crippen MR) is 129 cm³/mol. The number of rotatable bonds is 10. The molecule has 1 fully saturated rings. The number of hydrogen-bond acceptors (Lipinski definition) is 6. The Hall–Kier alpha value is -2.31. The van der Waals surface area contributed by atoms with Gasteiger partial charge in [0.2, 0.25) is 0 Å². The van der Waals surface area contributed by atoms with Crippen LogP contribution >= 0.6 is 23.1 Å². The summed E-state index contributed by atoms with van der Waals surface area (Å²) in [6.45, 7) is 2.66. The molecule has 0 bridgehead atoms. The van der Waals surface area contributed by atoms with Gasteiger partial charge in [0.25, 0.3) is 0 Å². The molecule has 1 aliphatic rings. The number of halogens is 3. The number of nitrogens with zero attached hydrogens (tertiary/aromatic N) is 2. The number of urea groups is 1. The molecule has 2 amide bonds. The summed E-state index contributed by atoms with van der Waals surface area (Å²) in [5, 5.41) is 12.0. The summed E-state index contributed by atoms with van der Waals surface area (Å²) in [6.07, 6.45) is 0.850. The monoisotopic (exact) mass is 531 g/mol. The maximum atomic E-state index is 13.1. The fourth-order valence-electron chi connectivity index (χ4n) is 3.87. The van der Waals surface area contributed by atoms with Crippen molar-refractivity contribution in [2.24, 2.45) is 5.92 Å². The van der Waals surface area contributed by atoms with E-state index in [9.17, 15) is 22.8 Å². The van der Waals surface area contributed by atoms with Crippen molar-refractivity contribution < 1.29 is 32.6 Å². The normalized spacial score (nSPS) is 18.3. The van der Waals surface area contributed by atoms with Gasteiger partial charge in [0.1, 0.15) is 0 Å². The van der Waals surface area contributed by atoms with Crippen molar-refractivity contribution in [3.05, 3.63) is 41.6 Å². The Morgan fingerprint density at radius 1 is 1.29 bits per heavy atom. The molecule has 0 aliphatic heterocycles. The zero-order chi connectivity index (χ0) is 25.4. The first-order valence-electron chi connectivity index (χ1n) is 11.2. The molecule has 7 nitrogen and oxygen atoms in total. The summed E-state index contributed by atoms with van der Waals surface area (Å²) >= 11 is 2.33. The van der Waals surface area contributed by atoms with Gasteiger partial charge in [-0.25, -0.2) is 9.78 Å². The van der Waals surface area contributed by atoms with Crippen molar-refractivity contribution in [3.63, 3.8) is 0 Å². The number of carbonyl (C=O) groups is 2. The minimum Gasteiger partial charge on any atom is -0.481 e. The molecule has 3 rings (SSSR count). The Balaban J connectivity index is 1.58. The van der Waals surface area contributed by atoms with E-state index in [1.807, 2.05) is 0 Å². The average molecular weight is 532 g/mol. The van der Waals surface area contributed by atoms with Crippen molar-refractivity contribution in [1.82, 2.24) is 9.88 Å². The maximum Gasteiger partial charge on any atom is 0.416 e. The number of benzene rings is 1. The highest BCUT2D eigenvalue weighted by molar-refractivity contribution is 8.01. The van der Waals surface area contributed by atoms with Gasteiger partial charge in [0.15, 0.2) is 5.13 Å². The summed E-state index contributed by atoms with van der Waals surface area (Å²) in [5.41, 5.74) is -0.309. The molecule has 192 valence electrons. The van der Waals surface area contributed by atoms with E-state index in [0.29, 0.717) is 20.8 Å². The topological polar surface area (TPSA) is 91.8 Å². The minimum absolute atomic E-state index is 0.0116. The van der Waals surface area contributed by atoms with Gasteiger partial charge in [-0.1, -0.05) is 30.4 Å². The molecular formula is C23H28F3N3O4S2. The molecule has 1 aliphatic carbocycles. The van der Waals surface area contributed by atoms with Gasteiger partial charge in [-0.3, -0.25) is 10.1 Å². The van der Waals surface area contributed by atoms with Gasteiger partial charge in [-0.05, 0) is 49.3 Å². The average Bonchev–Trinajstić information content (AvgIpc) is 3.25. The molecule has 1 saturated carbocycles. The summed E-state index contributed by atoms with van der Waals surface area (Å²) < 4.78 is 45.1. The molecule has 35 heavy (non-hydrogen) atoms. The first kappa shape index (κ1) is 27.3. The molecule has 1 aromatic carbocycles. The van der Waals surface area contributed by atoms with E-state index in [-0.39, 0.29) is 37.6 Å². The second kappa shape index (κ2) is 12.6. The van der Waals surface area contributed by atoms with E-state index in [1.165, 1.54) is 23.6 Å². The molecule has 0 atom stereocenters. The van der Waals surface area contributed by atoms with Crippen LogP contribution in [0.5, 0.6) is 0 Å². The molecule has 12 heteroatoms. The number of nitrogens with one attached hydrogen (secondary N) is 1. The van der Waals surface area contributed by atoms with Crippen LogP contribution in [0.15, 0.2) is 34.7 Å². The van der Waals surface area contributed by atoms with Crippen LogP contribution in [0, 0.1) is 5.92 Å². The first-order valence-corrected chi connectivity index (χ1v) is 13.0. The largest absolute Gasteiger partial charge is 0.481 e. The number of alkyl halides is 3. The van der Waals surface area contributed by atoms with E-state index in [0.717, 1.165) is 49.6 Å². The zero-order valence-corrected chi connectivity index (χ0v) is 20.8. The quantitative estimate of drug-likeness (QED) is 0.290. The summed E-state index contributed by atoms with van der Waals surface area (Å²) in [6, 6.07) is 4.71. The van der Waals surface area contributed by atoms with Crippen molar-refractivity contribution in [2.45, 2.75) is 55.6 Å². The number of thiazole rings is 1. The Kier molecular flexibility index (Phi) is 9.81. The SMILES string of the molecule is C[C@H]1CC[C@H](N(CCOCc2cccc(C(F)(F)F)c2)C(=O)Nc2ncc(SCC(=O)O)s2)CC1. The smallest absolute Gasteiger partial charge is 0.416 e. The van der Waals surface area contributed by atoms with Gasteiger partial charge in [-0.15, -0.1) is 11.8 Å². The molecule has 1 heterocycles. The Morgan fingerprint density at radius 2 is 2.03 bits per heavy atom. The van der Waals surface area contributed by atoms with Crippen LogP contribution in [-0.4, -0.2) is 51.9 Å². The summed E-state index contributed by atoms with van der Waals surface area (Å²) in [4.78, 5) is 29.7. The van der Waals surface area contributed by atoms with Crippen LogP contribution < -0.4 is 5.32 Å². The molecule has 0 spiro atoms. The molecule has 2 N–H and O–H groups in total. The van der Waals surface area contributed by atoms with Gasteiger partial charge >= 0.3 is 18.2 Å². The number of carboxylic acids is 1. The van der Waals surface area contributed by atoms with Crippen LogP contribution in [-0.2, 0) is 22.3 Å². The maximum absolute atomic E-state index is 13.1. The number of carbonyl (C=O) groups excluding carboxylic acids is 1. The highest BCUT2D eigenvalue weighted by atomic mass is 32.2. The fraction of sp³-hybridized carbons (Fsp3) is 0.522. The number of thioether (sulfide) groups is 1. The predicted octanol–water partition coefficient (Wildman–Crippen LogP) is 5.97. The number of ether oxygens (including phenoxy) is 1. The minimum atomic E-state index is -4.41. The number of hydrogen-bond donors (Lipinski definition) is 2. The lowest BCUT2D eigenvalue weighted by atomic mass is 9.86. The lowest BCUT2D eigenvalue weighted by Gasteiger charge is -2.36. The van der Waals surface area contributed by atoms with Crippen molar-refractivity contribution in [2.75, 3.05) is 24.2 Å². The zero-order valence-electron chi connectivity index (χ0n) is 19.2. The highest BCUT2D eigenvalue weighted by Gasteiger charge is 2.30. The molecular weight excluding hydrogens is 503 g/mol. The molecule has 1 aromatic heterocycles. The first-order chi connectivity index (χ1) is 16.6. The number of amides is 2. The lowest BCUT2D eigenvalue weighted by Crippen LogP contribution is -2.46. The number of aliphatic carboxylic acids is 1. The summed E-state index contributed by atoms with van der Waals surface area (Å²) in [7, 11) is 0. The van der Waals surface area contributed by atoms with Gasteiger partial charge in [0, 0.05) is 12.6 Å². The van der Waals surface area contributed by atoms with E-state index >= 15 is 0 Å². The third-order valence-electron chi connectivity index (χ3n) is 5.72. The van der Waals surface area contributed by atoms with Crippen molar-refractivity contribution in [1.29, 1.82) is 0 Å². The van der Waals surface area contributed by atoms with Gasteiger partial charge in [-0.2, -0.15) is 13.2 Å². The number of anilines is 1. The van der Waals surface area contributed by atoms with Gasteiger partial charge in [0.05, 0.1) is 34.9 Å². The summed E-state index contributed by atoms with van der Waals surface area (Å²) in [5.74, 6) is -0.427. The lowest BCUT2D eigenvalue weighted by molar-refractivity contribution is -0.137. The van der Waals surface area contributed by atoms with E-state index < -0.39 is 17.7 Å². The Morgan fingerprint density at radius 3 is 2.71 bits per heavy atom. The third kappa shape index (κ3) is 8.69. The standard InChI is InChI=1S/C23H28F3N3O4S2/c1-15-5-7-18(8-6-15)29(22(32)28-21-27-12-20(35-21)34-14-19(30)31)9-10-33-13-16-3-2-4-17(11-16)23(24,25)26/h2-4,11-12,15,18H,5-10,13-14H2,1H3,(H,30,31)(H,27,28,32)/t15-,18-. The number of aromatic nitrogens is 1. The van der Waals surface area contributed by atoms with E-state index in [2.05, 4.69) is 17.2 Å². The van der Waals surface area contributed by atoms with Gasteiger partial charge < -0.3 is 14.7 Å². The van der Waals surface area contributed by atoms with Crippen LogP contribution in [0.1, 0.15) is 43.7 Å². The molecule has 2 aromatic rings.